The molecule has 2 N–H and O–H groups in total. The first-order chi connectivity index (χ1) is 5.82. The lowest BCUT2D eigenvalue weighted by molar-refractivity contribution is 0.433. The Labute approximate surface area is 78.8 Å². The fourth-order valence-electron chi connectivity index (χ4n) is 1.28. The molecule has 0 aliphatic rings. The number of phenols is 2. The number of phenolic OH excluding ortho intramolecular Hbond substituents is 2. The summed E-state index contributed by atoms with van der Waals surface area (Å²) in [4.78, 5) is 0. The van der Waals surface area contributed by atoms with Crippen LogP contribution in [0.5, 0.6) is 11.5 Å². The molecule has 0 aliphatic heterocycles. The molecular formula is C11H16O2. The molecular weight excluding hydrogens is 164 g/mol. The van der Waals surface area contributed by atoms with Crippen molar-refractivity contribution in [3.05, 3.63) is 23.3 Å². The first-order valence-electron chi connectivity index (χ1n) is 4.35. The molecule has 0 atom stereocenters. The van der Waals surface area contributed by atoms with Gasteiger partial charge in [-0.25, -0.2) is 0 Å². The zero-order valence-corrected chi connectivity index (χ0v) is 8.55. The van der Waals surface area contributed by atoms with Gasteiger partial charge in [0.15, 0.2) is 0 Å². The predicted molar refractivity (Wildman–Crippen MR) is 53.2 cm³/mol. The van der Waals surface area contributed by atoms with Crippen LogP contribution in [0, 0.1) is 6.92 Å². The molecule has 0 unspecified atom stereocenters. The van der Waals surface area contributed by atoms with Crippen LogP contribution >= 0.6 is 0 Å². The summed E-state index contributed by atoms with van der Waals surface area (Å²) >= 11 is 0. The molecule has 0 aromatic heterocycles. The molecule has 0 amide bonds. The van der Waals surface area contributed by atoms with E-state index in [1.54, 1.807) is 19.1 Å². The van der Waals surface area contributed by atoms with Crippen LogP contribution in [0.1, 0.15) is 31.9 Å². The Bertz CT molecular complexity index is 322. The SMILES string of the molecule is Cc1cc(O)c(C(C)(C)C)cc1O. The maximum Gasteiger partial charge on any atom is 0.119 e. The highest BCUT2D eigenvalue weighted by Crippen LogP contribution is 2.34. The monoisotopic (exact) mass is 180 g/mol. The fourth-order valence-corrected chi connectivity index (χ4v) is 1.28. The van der Waals surface area contributed by atoms with Gasteiger partial charge in [0, 0.05) is 5.56 Å². The van der Waals surface area contributed by atoms with E-state index in [0.717, 1.165) is 5.56 Å². The van der Waals surface area contributed by atoms with Crippen molar-refractivity contribution >= 4 is 0 Å². The van der Waals surface area contributed by atoms with E-state index in [2.05, 4.69) is 0 Å². The highest BCUT2D eigenvalue weighted by molar-refractivity contribution is 5.47. The topological polar surface area (TPSA) is 40.5 Å². The number of rotatable bonds is 0. The van der Waals surface area contributed by atoms with Crippen LogP contribution < -0.4 is 0 Å². The highest BCUT2D eigenvalue weighted by Gasteiger charge is 2.19. The van der Waals surface area contributed by atoms with Gasteiger partial charge in [0.1, 0.15) is 11.5 Å². The summed E-state index contributed by atoms with van der Waals surface area (Å²) in [5.74, 6) is 0.491. The minimum absolute atomic E-state index is 0.144. The minimum Gasteiger partial charge on any atom is -0.508 e. The second-order valence-electron chi connectivity index (χ2n) is 4.41. The summed E-state index contributed by atoms with van der Waals surface area (Å²) in [5, 5.41) is 19.1. The molecule has 1 aromatic rings. The molecule has 0 saturated heterocycles. The number of aryl methyl sites for hydroxylation is 1. The Kier molecular flexibility index (Phi) is 2.24. The van der Waals surface area contributed by atoms with E-state index >= 15 is 0 Å². The van der Waals surface area contributed by atoms with Crippen molar-refractivity contribution in [2.24, 2.45) is 0 Å². The van der Waals surface area contributed by atoms with Crippen molar-refractivity contribution in [3.8, 4) is 11.5 Å². The fraction of sp³-hybridized carbons (Fsp3) is 0.455. The molecule has 1 rings (SSSR count). The van der Waals surface area contributed by atoms with Gasteiger partial charge in [-0.05, 0) is 30.0 Å². The summed E-state index contributed by atoms with van der Waals surface area (Å²) in [6.45, 7) is 7.76. The van der Waals surface area contributed by atoms with Gasteiger partial charge in [-0.1, -0.05) is 20.8 Å². The Morgan fingerprint density at radius 1 is 1.00 bits per heavy atom. The van der Waals surface area contributed by atoms with Crippen LogP contribution in [0.3, 0.4) is 0 Å². The summed E-state index contributed by atoms with van der Waals surface area (Å²) in [6, 6.07) is 3.22. The van der Waals surface area contributed by atoms with Gasteiger partial charge in [-0.15, -0.1) is 0 Å². The molecule has 0 radical (unpaired) electrons. The van der Waals surface area contributed by atoms with E-state index < -0.39 is 0 Å². The highest BCUT2D eigenvalue weighted by atomic mass is 16.3. The molecule has 13 heavy (non-hydrogen) atoms. The third-order valence-electron chi connectivity index (χ3n) is 2.12. The van der Waals surface area contributed by atoms with Crippen molar-refractivity contribution in [2.75, 3.05) is 0 Å². The molecule has 0 heterocycles. The van der Waals surface area contributed by atoms with E-state index in [-0.39, 0.29) is 16.9 Å². The van der Waals surface area contributed by atoms with Crippen LogP contribution in [0.2, 0.25) is 0 Å². The number of hydrogen-bond acceptors (Lipinski definition) is 2. The van der Waals surface area contributed by atoms with Crippen molar-refractivity contribution in [1.82, 2.24) is 0 Å². The van der Waals surface area contributed by atoms with Gasteiger partial charge < -0.3 is 10.2 Å². The van der Waals surface area contributed by atoms with Gasteiger partial charge in [0.2, 0.25) is 0 Å². The second kappa shape index (κ2) is 2.95. The molecule has 0 bridgehead atoms. The Morgan fingerprint density at radius 2 is 1.54 bits per heavy atom. The average molecular weight is 180 g/mol. The number of benzene rings is 1. The van der Waals surface area contributed by atoms with Crippen LogP contribution in [0.25, 0.3) is 0 Å². The van der Waals surface area contributed by atoms with E-state index in [4.69, 9.17) is 0 Å². The van der Waals surface area contributed by atoms with Crippen molar-refractivity contribution < 1.29 is 10.2 Å². The van der Waals surface area contributed by atoms with E-state index in [1.807, 2.05) is 20.8 Å². The van der Waals surface area contributed by atoms with Gasteiger partial charge in [-0.2, -0.15) is 0 Å². The summed E-state index contributed by atoms with van der Waals surface area (Å²) < 4.78 is 0. The quantitative estimate of drug-likeness (QED) is 0.603. The van der Waals surface area contributed by atoms with Gasteiger partial charge in [-0.3, -0.25) is 0 Å². The first kappa shape index (κ1) is 9.90. The van der Waals surface area contributed by atoms with Crippen molar-refractivity contribution in [2.45, 2.75) is 33.1 Å². The Morgan fingerprint density at radius 3 is 2.00 bits per heavy atom. The van der Waals surface area contributed by atoms with Crippen LogP contribution in [-0.2, 0) is 5.41 Å². The lowest BCUT2D eigenvalue weighted by atomic mass is 9.85. The zero-order valence-electron chi connectivity index (χ0n) is 8.55. The zero-order chi connectivity index (χ0) is 10.2. The third-order valence-corrected chi connectivity index (χ3v) is 2.12. The molecule has 0 spiro atoms. The first-order valence-corrected chi connectivity index (χ1v) is 4.35. The predicted octanol–water partition coefficient (Wildman–Crippen LogP) is 2.70. The third kappa shape index (κ3) is 1.94. The molecule has 0 saturated carbocycles. The van der Waals surface area contributed by atoms with E-state index in [1.165, 1.54) is 0 Å². The van der Waals surface area contributed by atoms with Crippen molar-refractivity contribution in [3.63, 3.8) is 0 Å². The minimum atomic E-state index is -0.144. The normalized spacial score (nSPS) is 11.7. The Hall–Kier alpha value is -1.18. The number of hydrogen-bond donors (Lipinski definition) is 2. The van der Waals surface area contributed by atoms with Gasteiger partial charge in [0.05, 0.1) is 0 Å². The van der Waals surface area contributed by atoms with Crippen LogP contribution in [-0.4, -0.2) is 10.2 Å². The average Bonchev–Trinajstić information content (AvgIpc) is 1.94. The Balaban J connectivity index is 3.32. The maximum atomic E-state index is 9.64. The lowest BCUT2D eigenvalue weighted by Crippen LogP contribution is -2.11. The largest absolute Gasteiger partial charge is 0.508 e. The summed E-state index contributed by atoms with van der Waals surface area (Å²) in [6.07, 6.45) is 0. The summed E-state index contributed by atoms with van der Waals surface area (Å²) in [7, 11) is 0. The molecule has 2 heteroatoms. The van der Waals surface area contributed by atoms with Crippen molar-refractivity contribution in [1.29, 1.82) is 0 Å². The van der Waals surface area contributed by atoms with Crippen LogP contribution in [0.4, 0.5) is 0 Å². The molecule has 72 valence electrons. The molecule has 0 aliphatic carbocycles. The maximum absolute atomic E-state index is 9.64. The van der Waals surface area contributed by atoms with Crippen LogP contribution in [0.15, 0.2) is 12.1 Å². The van der Waals surface area contributed by atoms with E-state index in [0.29, 0.717) is 5.56 Å². The van der Waals surface area contributed by atoms with Gasteiger partial charge >= 0.3 is 0 Å². The second-order valence-corrected chi connectivity index (χ2v) is 4.41. The molecule has 2 nitrogen and oxygen atoms in total. The molecule has 1 aromatic carbocycles. The van der Waals surface area contributed by atoms with E-state index in [9.17, 15) is 10.2 Å². The smallest absolute Gasteiger partial charge is 0.119 e. The number of aromatic hydroxyl groups is 2. The summed E-state index contributed by atoms with van der Waals surface area (Å²) in [5.41, 5.74) is 1.33. The van der Waals surface area contributed by atoms with Gasteiger partial charge in [0.25, 0.3) is 0 Å². The lowest BCUT2D eigenvalue weighted by Gasteiger charge is -2.21. The molecule has 0 fully saturated rings. The standard InChI is InChI=1S/C11H16O2/c1-7-5-10(13)8(6-9(7)12)11(2,3)4/h5-6,12-13H,1-4H3.